The van der Waals surface area contributed by atoms with Gasteiger partial charge in [-0.15, -0.1) is 0 Å². The van der Waals surface area contributed by atoms with Crippen molar-refractivity contribution in [2.24, 2.45) is 0 Å². The molecule has 1 aromatic carbocycles. The Balaban J connectivity index is 1.68. The molecule has 0 bridgehead atoms. The van der Waals surface area contributed by atoms with Crippen LogP contribution in [-0.4, -0.2) is 22.2 Å². The number of amides is 1. The number of hydrogen-bond donors (Lipinski definition) is 1. The van der Waals surface area contributed by atoms with Gasteiger partial charge in [-0.25, -0.2) is 4.39 Å². The lowest BCUT2D eigenvalue weighted by Crippen LogP contribution is -2.40. The van der Waals surface area contributed by atoms with Crippen LogP contribution in [0.2, 0.25) is 5.02 Å². The van der Waals surface area contributed by atoms with Crippen LogP contribution in [0.1, 0.15) is 42.6 Å². The molecule has 1 aliphatic carbocycles. The average Bonchev–Trinajstić information content (AvgIpc) is 3.16. The molecule has 0 unspecified atom stereocenters. The molecule has 0 spiro atoms. The van der Waals surface area contributed by atoms with Crippen LogP contribution in [0.25, 0.3) is 0 Å². The van der Waals surface area contributed by atoms with E-state index in [1.807, 2.05) is 26.0 Å². The molecule has 2 aromatic rings. The van der Waals surface area contributed by atoms with Gasteiger partial charge in [-0.05, 0) is 44.4 Å². The van der Waals surface area contributed by atoms with E-state index in [2.05, 4.69) is 10.4 Å². The number of hydrogen-bond acceptors (Lipinski definition) is 2. The Hall–Kier alpha value is -1.88. The van der Waals surface area contributed by atoms with Gasteiger partial charge >= 0.3 is 0 Å². The molecule has 0 radical (unpaired) electrons. The Morgan fingerprint density at radius 3 is 2.48 bits per heavy atom. The largest absolute Gasteiger partial charge is 0.354 e. The van der Waals surface area contributed by atoms with Crippen LogP contribution in [0.3, 0.4) is 0 Å². The third-order valence-electron chi connectivity index (χ3n) is 5.23. The lowest BCUT2D eigenvalue weighted by Gasteiger charge is -2.30. The van der Waals surface area contributed by atoms with Gasteiger partial charge < -0.3 is 5.32 Å². The summed E-state index contributed by atoms with van der Waals surface area (Å²) in [6, 6.07) is 6.67. The summed E-state index contributed by atoms with van der Waals surface area (Å²) < 4.78 is 14.9. The highest BCUT2D eigenvalue weighted by Gasteiger charge is 2.35. The van der Waals surface area contributed by atoms with Gasteiger partial charge in [0, 0.05) is 12.0 Å². The lowest BCUT2D eigenvalue weighted by atomic mass is 9.79. The topological polar surface area (TPSA) is 46.9 Å². The molecule has 4 nitrogen and oxygen atoms in total. The fourth-order valence-electron chi connectivity index (χ4n) is 3.71. The first-order valence-corrected chi connectivity index (χ1v) is 9.01. The smallest absolute Gasteiger partial charge is 0.241 e. The van der Waals surface area contributed by atoms with Crippen molar-refractivity contribution < 1.29 is 9.18 Å². The standard InChI is InChI=1S/C19H23ClFN3O/c1-13-18(20)14(2)24(23-13)11-17(25)22-12-19(9-3-4-10-19)15-5-7-16(21)8-6-15/h5-8H,3-4,9-12H2,1-2H3,(H,22,25). The summed E-state index contributed by atoms with van der Waals surface area (Å²) in [5, 5.41) is 7.95. The first-order chi connectivity index (χ1) is 11.9. The van der Waals surface area contributed by atoms with Crippen molar-refractivity contribution in [3.05, 3.63) is 52.1 Å². The van der Waals surface area contributed by atoms with Crippen molar-refractivity contribution in [3.63, 3.8) is 0 Å². The number of carbonyl (C=O) groups excluding carboxylic acids is 1. The highest BCUT2D eigenvalue weighted by molar-refractivity contribution is 6.31. The number of rotatable bonds is 5. The lowest BCUT2D eigenvalue weighted by molar-refractivity contribution is -0.122. The van der Waals surface area contributed by atoms with Crippen LogP contribution in [0, 0.1) is 19.7 Å². The Morgan fingerprint density at radius 1 is 1.28 bits per heavy atom. The van der Waals surface area contributed by atoms with Crippen molar-refractivity contribution in [2.75, 3.05) is 6.54 Å². The number of nitrogens with one attached hydrogen (secondary N) is 1. The molecule has 3 rings (SSSR count). The number of aryl methyl sites for hydroxylation is 1. The molecular formula is C19H23ClFN3O. The van der Waals surface area contributed by atoms with Gasteiger partial charge in [0.05, 0.1) is 16.4 Å². The van der Waals surface area contributed by atoms with Gasteiger partial charge in [-0.2, -0.15) is 5.10 Å². The van der Waals surface area contributed by atoms with Crippen molar-refractivity contribution in [3.8, 4) is 0 Å². The first-order valence-electron chi connectivity index (χ1n) is 8.63. The average molecular weight is 364 g/mol. The second-order valence-corrected chi connectivity index (χ2v) is 7.29. The number of nitrogens with zero attached hydrogens (tertiary/aromatic N) is 2. The maximum atomic E-state index is 13.2. The third-order valence-corrected chi connectivity index (χ3v) is 5.77. The van der Waals surface area contributed by atoms with Gasteiger partial charge in [0.25, 0.3) is 0 Å². The van der Waals surface area contributed by atoms with E-state index in [0.717, 1.165) is 42.6 Å². The molecule has 1 N–H and O–H groups in total. The van der Waals surface area contributed by atoms with Crippen LogP contribution in [0.4, 0.5) is 4.39 Å². The predicted molar refractivity (Wildman–Crippen MR) is 96.3 cm³/mol. The zero-order valence-electron chi connectivity index (χ0n) is 14.6. The maximum Gasteiger partial charge on any atom is 0.241 e. The molecule has 6 heteroatoms. The number of carbonyl (C=O) groups is 1. The van der Waals surface area contributed by atoms with E-state index in [4.69, 9.17) is 11.6 Å². The molecule has 1 aromatic heterocycles. The van der Waals surface area contributed by atoms with Crippen molar-refractivity contribution in [1.82, 2.24) is 15.1 Å². The highest BCUT2D eigenvalue weighted by atomic mass is 35.5. The minimum Gasteiger partial charge on any atom is -0.354 e. The third kappa shape index (κ3) is 3.71. The zero-order valence-corrected chi connectivity index (χ0v) is 15.4. The Labute approximate surface area is 152 Å². The van der Waals surface area contributed by atoms with Gasteiger partial charge in [0.15, 0.2) is 0 Å². The SMILES string of the molecule is Cc1nn(CC(=O)NCC2(c3ccc(F)cc3)CCCC2)c(C)c1Cl. The quantitative estimate of drug-likeness (QED) is 0.875. The van der Waals surface area contributed by atoms with Gasteiger partial charge in [-0.3, -0.25) is 9.48 Å². The summed E-state index contributed by atoms with van der Waals surface area (Å²) in [6.45, 7) is 4.39. The normalized spacial score (nSPS) is 16.2. The van der Waals surface area contributed by atoms with E-state index in [-0.39, 0.29) is 23.7 Å². The van der Waals surface area contributed by atoms with Crippen LogP contribution < -0.4 is 5.32 Å². The van der Waals surface area contributed by atoms with Crippen molar-refractivity contribution >= 4 is 17.5 Å². The fraction of sp³-hybridized carbons (Fsp3) is 0.474. The van der Waals surface area contributed by atoms with E-state index >= 15 is 0 Å². The van der Waals surface area contributed by atoms with Gasteiger partial charge in [0.1, 0.15) is 12.4 Å². The Morgan fingerprint density at radius 2 is 1.92 bits per heavy atom. The van der Waals surface area contributed by atoms with Crippen LogP contribution >= 0.6 is 11.6 Å². The minimum absolute atomic E-state index is 0.0874. The molecule has 0 aliphatic heterocycles. The molecule has 1 amide bonds. The van der Waals surface area contributed by atoms with E-state index in [0.29, 0.717) is 11.6 Å². The van der Waals surface area contributed by atoms with Gasteiger partial charge in [0.2, 0.25) is 5.91 Å². The molecule has 1 heterocycles. The molecule has 0 saturated heterocycles. The van der Waals surface area contributed by atoms with Crippen molar-refractivity contribution in [1.29, 1.82) is 0 Å². The molecule has 1 fully saturated rings. The summed E-state index contributed by atoms with van der Waals surface area (Å²) in [5.74, 6) is -0.321. The van der Waals surface area contributed by atoms with Gasteiger partial charge in [-0.1, -0.05) is 36.6 Å². The number of benzene rings is 1. The number of halogens is 2. The van der Waals surface area contributed by atoms with E-state index in [9.17, 15) is 9.18 Å². The van der Waals surface area contributed by atoms with E-state index in [1.54, 1.807) is 4.68 Å². The fourth-order valence-corrected chi connectivity index (χ4v) is 3.85. The zero-order chi connectivity index (χ0) is 18.0. The predicted octanol–water partition coefficient (Wildman–Crippen LogP) is 3.92. The molecule has 25 heavy (non-hydrogen) atoms. The summed E-state index contributed by atoms with van der Waals surface area (Å²) in [5.41, 5.74) is 2.52. The minimum atomic E-state index is -0.234. The van der Waals surface area contributed by atoms with E-state index in [1.165, 1.54) is 12.1 Å². The van der Waals surface area contributed by atoms with Crippen LogP contribution in [0.15, 0.2) is 24.3 Å². The number of aromatic nitrogens is 2. The molecule has 134 valence electrons. The second kappa shape index (κ2) is 7.16. The second-order valence-electron chi connectivity index (χ2n) is 6.91. The van der Waals surface area contributed by atoms with E-state index < -0.39 is 0 Å². The summed E-state index contributed by atoms with van der Waals surface area (Å²) in [7, 11) is 0. The Kier molecular flexibility index (Phi) is 5.13. The Bertz CT molecular complexity index is 764. The first kappa shape index (κ1) is 17.9. The van der Waals surface area contributed by atoms with Crippen LogP contribution in [0.5, 0.6) is 0 Å². The molecule has 0 atom stereocenters. The summed E-state index contributed by atoms with van der Waals surface area (Å²) in [6.07, 6.45) is 4.26. The van der Waals surface area contributed by atoms with Crippen LogP contribution in [-0.2, 0) is 16.8 Å². The summed E-state index contributed by atoms with van der Waals surface area (Å²) in [4.78, 5) is 12.4. The summed E-state index contributed by atoms with van der Waals surface area (Å²) >= 11 is 6.13. The van der Waals surface area contributed by atoms with Crippen molar-refractivity contribution in [2.45, 2.75) is 51.5 Å². The highest BCUT2D eigenvalue weighted by Crippen LogP contribution is 2.40. The molecular weight excluding hydrogens is 341 g/mol. The maximum absolute atomic E-state index is 13.2. The molecule has 1 aliphatic rings. The monoisotopic (exact) mass is 363 g/mol. The molecule has 1 saturated carbocycles.